The molecule has 2 rings (SSSR count). The van der Waals surface area contributed by atoms with Crippen molar-refractivity contribution in [3.8, 4) is 0 Å². The SMILES string of the molecule is CC(C)S(=O)(=O)C(C)c1ccccc1NC(=O)c1ccccc1C(F)(F)F. The van der Waals surface area contributed by atoms with Gasteiger partial charge in [0.2, 0.25) is 0 Å². The molecule has 0 heterocycles. The summed E-state index contributed by atoms with van der Waals surface area (Å²) in [4.78, 5) is 12.5. The van der Waals surface area contributed by atoms with E-state index in [-0.39, 0.29) is 5.69 Å². The van der Waals surface area contributed by atoms with Gasteiger partial charge < -0.3 is 5.32 Å². The summed E-state index contributed by atoms with van der Waals surface area (Å²) < 4.78 is 64.3. The average molecular weight is 399 g/mol. The van der Waals surface area contributed by atoms with Gasteiger partial charge in [0.25, 0.3) is 5.91 Å². The Labute approximate surface area is 156 Å². The number of para-hydroxylation sites is 1. The Morgan fingerprint density at radius 2 is 1.52 bits per heavy atom. The van der Waals surface area contributed by atoms with Gasteiger partial charge in [0, 0.05) is 5.69 Å². The zero-order valence-electron chi connectivity index (χ0n) is 15.0. The van der Waals surface area contributed by atoms with Gasteiger partial charge in [-0.15, -0.1) is 0 Å². The van der Waals surface area contributed by atoms with E-state index in [1.54, 1.807) is 26.0 Å². The Morgan fingerprint density at radius 1 is 0.963 bits per heavy atom. The third-order valence-electron chi connectivity index (χ3n) is 4.27. The number of anilines is 1. The summed E-state index contributed by atoms with van der Waals surface area (Å²) in [6, 6.07) is 10.6. The standard InChI is InChI=1S/C19H20F3NO3S/c1-12(2)27(25,26)13(3)14-8-5-7-11-17(14)23-18(24)15-9-4-6-10-16(15)19(20,21)22/h4-13H,1-3H3,(H,23,24). The number of rotatable bonds is 5. The predicted molar refractivity (Wildman–Crippen MR) is 98.3 cm³/mol. The van der Waals surface area contributed by atoms with E-state index in [0.717, 1.165) is 12.1 Å². The van der Waals surface area contributed by atoms with Crippen LogP contribution in [0.1, 0.15) is 47.5 Å². The van der Waals surface area contributed by atoms with Crippen LogP contribution in [-0.4, -0.2) is 19.6 Å². The molecule has 1 atom stereocenters. The van der Waals surface area contributed by atoms with Crippen LogP contribution in [0.4, 0.5) is 18.9 Å². The minimum Gasteiger partial charge on any atom is -0.322 e. The normalized spacial score (nSPS) is 13.4. The fraction of sp³-hybridized carbons (Fsp3) is 0.316. The molecule has 8 heteroatoms. The van der Waals surface area contributed by atoms with E-state index >= 15 is 0 Å². The highest BCUT2D eigenvalue weighted by Crippen LogP contribution is 2.34. The van der Waals surface area contributed by atoms with E-state index in [1.165, 1.54) is 31.2 Å². The number of carbonyl (C=O) groups excluding carboxylic acids is 1. The minimum absolute atomic E-state index is 0.163. The largest absolute Gasteiger partial charge is 0.417 e. The van der Waals surface area contributed by atoms with Gasteiger partial charge in [0.05, 0.1) is 21.6 Å². The molecule has 0 aliphatic rings. The highest BCUT2D eigenvalue weighted by Gasteiger charge is 2.35. The van der Waals surface area contributed by atoms with Crippen LogP contribution in [0, 0.1) is 0 Å². The van der Waals surface area contributed by atoms with Crippen LogP contribution < -0.4 is 5.32 Å². The monoisotopic (exact) mass is 399 g/mol. The molecule has 0 aromatic heterocycles. The molecule has 1 unspecified atom stereocenters. The Bertz CT molecular complexity index is 937. The first kappa shape index (κ1) is 21.0. The van der Waals surface area contributed by atoms with Crippen molar-refractivity contribution < 1.29 is 26.4 Å². The molecule has 146 valence electrons. The van der Waals surface area contributed by atoms with Gasteiger partial charge >= 0.3 is 6.18 Å². The number of carbonyl (C=O) groups is 1. The summed E-state index contributed by atoms with van der Waals surface area (Å²) >= 11 is 0. The summed E-state index contributed by atoms with van der Waals surface area (Å²) in [7, 11) is -3.52. The summed E-state index contributed by atoms with van der Waals surface area (Å²) in [5, 5.41) is 0.867. The summed E-state index contributed by atoms with van der Waals surface area (Å²) in [5.74, 6) is -0.954. The molecule has 2 aromatic carbocycles. The molecule has 0 saturated carbocycles. The maximum absolute atomic E-state index is 13.1. The number of amides is 1. The van der Waals surface area contributed by atoms with Crippen LogP contribution in [0.2, 0.25) is 0 Å². The van der Waals surface area contributed by atoms with Crippen molar-refractivity contribution in [1.82, 2.24) is 0 Å². The summed E-state index contributed by atoms with van der Waals surface area (Å²) in [6.07, 6.45) is -4.68. The average Bonchev–Trinajstić information content (AvgIpc) is 2.60. The quantitative estimate of drug-likeness (QED) is 0.782. The van der Waals surface area contributed by atoms with E-state index in [9.17, 15) is 26.4 Å². The fourth-order valence-corrected chi connectivity index (χ4v) is 4.04. The molecule has 0 spiro atoms. The molecule has 0 aliphatic heterocycles. The minimum atomic E-state index is -4.68. The van der Waals surface area contributed by atoms with Crippen LogP contribution in [0.25, 0.3) is 0 Å². The molecule has 4 nitrogen and oxygen atoms in total. The number of alkyl halides is 3. The van der Waals surface area contributed by atoms with E-state index in [2.05, 4.69) is 5.32 Å². The van der Waals surface area contributed by atoms with Crippen molar-refractivity contribution in [2.24, 2.45) is 0 Å². The zero-order valence-corrected chi connectivity index (χ0v) is 15.9. The number of benzene rings is 2. The predicted octanol–water partition coefficient (Wildman–Crippen LogP) is 4.84. The first-order chi connectivity index (χ1) is 12.5. The summed E-state index contributed by atoms with van der Waals surface area (Å²) in [6.45, 7) is 4.59. The third-order valence-corrected chi connectivity index (χ3v) is 6.83. The van der Waals surface area contributed by atoms with Crippen LogP contribution in [0.15, 0.2) is 48.5 Å². The molecule has 0 radical (unpaired) electrons. The second-order valence-corrected chi connectivity index (χ2v) is 9.19. The first-order valence-corrected chi connectivity index (χ1v) is 9.86. The summed E-state index contributed by atoms with van der Waals surface area (Å²) in [5.41, 5.74) is -1.10. The lowest BCUT2D eigenvalue weighted by Gasteiger charge is -2.20. The number of hydrogen-bond donors (Lipinski definition) is 1. The topological polar surface area (TPSA) is 63.2 Å². The number of hydrogen-bond acceptors (Lipinski definition) is 3. The van der Waals surface area contributed by atoms with Gasteiger partial charge in [-0.25, -0.2) is 8.42 Å². The van der Waals surface area contributed by atoms with Gasteiger partial charge in [0.15, 0.2) is 9.84 Å². The molecule has 27 heavy (non-hydrogen) atoms. The molecule has 1 N–H and O–H groups in total. The van der Waals surface area contributed by atoms with Crippen molar-refractivity contribution >= 4 is 21.4 Å². The van der Waals surface area contributed by atoms with Crippen molar-refractivity contribution in [2.75, 3.05) is 5.32 Å². The van der Waals surface area contributed by atoms with Crippen molar-refractivity contribution in [3.05, 3.63) is 65.2 Å². The maximum Gasteiger partial charge on any atom is 0.417 e. The van der Waals surface area contributed by atoms with Crippen molar-refractivity contribution in [2.45, 2.75) is 37.4 Å². The second-order valence-electron chi connectivity index (χ2n) is 6.36. The fourth-order valence-electron chi connectivity index (χ4n) is 2.67. The van der Waals surface area contributed by atoms with Crippen molar-refractivity contribution in [3.63, 3.8) is 0 Å². The molecule has 0 bridgehead atoms. The Morgan fingerprint density at radius 3 is 2.11 bits per heavy atom. The van der Waals surface area contributed by atoms with Crippen LogP contribution in [0.3, 0.4) is 0 Å². The van der Waals surface area contributed by atoms with Crippen molar-refractivity contribution in [1.29, 1.82) is 0 Å². The molecule has 0 saturated heterocycles. The molecule has 0 aliphatic carbocycles. The smallest absolute Gasteiger partial charge is 0.322 e. The van der Waals surface area contributed by atoms with E-state index in [1.807, 2.05) is 0 Å². The van der Waals surface area contributed by atoms with E-state index < -0.39 is 43.5 Å². The van der Waals surface area contributed by atoms with Gasteiger partial charge in [0.1, 0.15) is 0 Å². The molecule has 2 aromatic rings. The molecule has 1 amide bonds. The van der Waals surface area contributed by atoms with Gasteiger partial charge in [-0.05, 0) is 44.5 Å². The lowest BCUT2D eigenvalue weighted by Crippen LogP contribution is -2.23. The third kappa shape index (κ3) is 4.50. The van der Waals surface area contributed by atoms with Gasteiger partial charge in [-0.2, -0.15) is 13.2 Å². The number of nitrogens with one attached hydrogen (secondary N) is 1. The highest BCUT2D eigenvalue weighted by atomic mass is 32.2. The lowest BCUT2D eigenvalue weighted by molar-refractivity contribution is -0.137. The van der Waals surface area contributed by atoms with Gasteiger partial charge in [-0.1, -0.05) is 30.3 Å². The van der Waals surface area contributed by atoms with Crippen LogP contribution >= 0.6 is 0 Å². The maximum atomic E-state index is 13.1. The molecular formula is C19H20F3NO3S. The van der Waals surface area contributed by atoms with Gasteiger partial charge in [-0.3, -0.25) is 4.79 Å². The first-order valence-electron chi connectivity index (χ1n) is 8.25. The van der Waals surface area contributed by atoms with Crippen LogP contribution in [0.5, 0.6) is 0 Å². The number of sulfone groups is 1. The van der Waals surface area contributed by atoms with Crippen LogP contribution in [-0.2, 0) is 16.0 Å². The highest BCUT2D eigenvalue weighted by molar-refractivity contribution is 7.92. The number of halogens is 3. The van der Waals surface area contributed by atoms with E-state index in [4.69, 9.17) is 0 Å². The molecular weight excluding hydrogens is 379 g/mol. The Kier molecular flexibility index (Phi) is 5.99. The molecule has 0 fully saturated rings. The Balaban J connectivity index is 2.42. The second kappa shape index (κ2) is 7.72. The van der Waals surface area contributed by atoms with E-state index in [0.29, 0.717) is 5.56 Å². The zero-order chi connectivity index (χ0) is 20.4. The Hall–Kier alpha value is -2.35. The lowest BCUT2D eigenvalue weighted by atomic mass is 10.1.